The van der Waals surface area contributed by atoms with Crippen LogP contribution in [0.1, 0.15) is 369 Å². The number of benzene rings is 2. The summed E-state index contributed by atoms with van der Waals surface area (Å²) in [4.78, 5) is -0.143. The van der Waals surface area contributed by atoms with Gasteiger partial charge in [-0.15, -0.1) is 0 Å². The van der Waals surface area contributed by atoms with Gasteiger partial charge in [-0.05, 0) is 212 Å². The summed E-state index contributed by atoms with van der Waals surface area (Å²) < 4.78 is 64.1. The van der Waals surface area contributed by atoms with Gasteiger partial charge in [0, 0.05) is 5.41 Å². The van der Waals surface area contributed by atoms with Crippen molar-refractivity contribution in [3.8, 4) is 0 Å². The molecule has 0 heterocycles. The van der Waals surface area contributed by atoms with Crippen LogP contribution in [0.15, 0.2) is 173 Å². The van der Waals surface area contributed by atoms with Crippen LogP contribution in [0.5, 0.6) is 0 Å². The van der Waals surface area contributed by atoms with Crippen molar-refractivity contribution in [3.63, 3.8) is 0 Å². The fraction of sp³-hybridized carbons (Fsp3) is 0.680. The number of aryl methyl sites for hydroxylation is 1. The molecule has 0 aliphatic heterocycles. The Morgan fingerprint density at radius 2 is 0.768 bits per heavy atom. The van der Waals surface area contributed by atoms with Gasteiger partial charge in [0.2, 0.25) is 0 Å². The van der Waals surface area contributed by atoms with E-state index in [4.69, 9.17) is 10.2 Å². The van der Waals surface area contributed by atoms with Gasteiger partial charge in [0.1, 0.15) is 20.2 Å². The van der Waals surface area contributed by atoms with Gasteiger partial charge in [0.15, 0.2) is 0 Å². The normalized spacial score (nSPS) is 13.9. The molecular weight excluding hydrogens is 1440 g/mol. The number of allylic oxidation sites excluding steroid dienone is 14. The molecule has 2 aromatic carbocycles. The third-order valence-electron chi connectivity index (χ3n) is 20.0. The number of hydrogen-bond donors (Lipinski definition) is 2. The zero-order valence-corrected chi connectivity index (χ0v) is 82.9. The number of aliphatic hydroxyl groups is 2. The fourth-order valence-corrected chi connectivity index (χ4v) is 13.5. The Bertz CT molecular complexity index is 2980. The average Bonchev–Trinajstić information content (AvgIpc) is 0.858. The van der Waals surface area contributed by atoms with Gasteiger partial charge >= 0.3 is 59.1 Å². The molecule has 636 valence electrons. The van der Waals surface area contributed by atoms with E-state index in [1.807, 2.05) is 19.1 Å². The maximum atomic E-state index is 10.9. The van der Waals surface area contributed by atoms with Gasteiger partial charge in [-0.25, -0.2) is 16.8 Å². The molecule has 0 saturated carbocycles. The van der Waals surface area contributed by atoms with E-state index in [2.05, 4.69) is 231 Å². The van der Waals surface area contributed by atoms with Crippen LogP contribution in [0.3, 0.4) is 0 Å². The second-order valence-electron chi connectivity index (χ2n) is 35.0. The van der Waals surface area contributed by atoms with E-state index < -0.39 is 20.2 Å². The summed E-state index contributed by atoms with van der Waals surface area (Å²) >= 11 is 0. The van der Waals surface area contributed by atoms with Crippen molar-refractivity contribution >= 4 is 26.3 Å². The van der Waals surface area contributed by atoms with E-state index in [1.54, 1.807) is 18.2 Å². The Kier molecular flexibility index (Phi) is 85.4. The monoisotopic (exact) mass is 1610 g/mol. The van der Waals surface area contributed by atoms with Gasteiger partial charge in [-0.3, -0.25) is 0 Å². The third kappa shape index (κ3) is 92.9. The maximum absolute atomic E-state index is 10.9. The van der Waals surface area contributed by atoms with Crippen molar-refractivity contribution in [2.24, 2.45) is 71.0 Å². The molecule has 0 radical (unpaired) electrons. The molecule has 0 saturated heterocycles. The largest absolute Gasteiger partial charge is 1.00 e. The average molecular weight is 1610 g/mol. The molecule has 8 nitrogen and oxygen atoms in total. The minimum atomic E-state index is -4.33. The molecule has 0 aliphatic rings. The second-order valence-corrected chi connectivity index (χ2v) is 37.6. The summed E-state index contributed by atoms with van der Waals surface area (Å²) in [6.45, 7) is 57.4. The molecule has 2 N–H and O–H groups in total. The molecule has 12 heteroatoms. The Morgan fingerprint density at radius 3 is 1.12 bits per heavy atom. The molecule has 0 fully saturated rings. The fourth-order valence-electron chi connectivity index (χ4n) is 12.6. The van der Waals surface area contributed by atoms with Crippen LogP contribution in [-0.4, -0.2) is 42.8 Å². The number of rotatable bonds is 54. The maximum Gasteiger partial charge on any atom is 1.00 e. The van der Waals surface area contributed by atoms with E-state index in [0.717, 1.165) is 122 Å². The molecule has 0 aromatic heterocycles. The molecule has 0 spiro atoms. The zero-order valence-electron chi connectivity index (χ0n) is 77.2. The second kappa shape index (κ2) is 79.5. The standard InChI is InChI=1S/C21H36O3S.C21H34.C17H28.C15H30O3S.C15H30O.C11H18O.2Na/c1-17(2)7-5-8-18(3)9-6-10-19(4)11-12-20-13-15-21(16-14-20)25(22,23)24;1-18(2)10-8-11-19(3)12-9-13-20(4)16-17-21-14-6-5-7-15-21;1-6-7-11-16(4)13-9-14-17(5)12-8-10-15(2)3;1-13(2)7-5-8-14(3)9-6-10-15(4)11-12-19(16,17)18;1-13(2)7-5-8-14(3)9-6-10-15(4)11-12-16;1-10(2)6-4-7-11(3)8-5-9-12;;/h13-19H,5-12H2,1-4H3,(H,22,23,24);5-7,14-20H,8-13H2,1-4H3;7,10-11,14H,4,6,8-9,12-13H2,1-3,5H3;11-15H,5-10H2,1-4H3,(H,16,17,18);11-16H,5-10H2,1-4H3;5-6,8,12H,3-4,7,9H2,1-2H3;;/q;;;;;;2*+1/p-2/b;17-16+;11-7+,17-14+;2*12-11+;8-5+;;. The van der Waals surface area contributed by atoms with Crippen molar-refractivity contribution in [2.45, 2.75) is 369 Å². The predicted octanol–water partition coefficient (Wildman–Crippen LogP) is 25.2. The SMILES string of the molecule is C=C(/C=C/CC)CC/C=C(\C)CCC=C(C)C.C=C(/C=C/CO)CCC=C(C)C.CC(C)CCCC(C)CCCC(C)/C=C/O.CC(C)CCCC(C)CCCC(C)/C=C/S(=O)(=O)[O-].CC(C)CCCC(C)CCCC(C)/C=C/c1ccccc1.CC(C)CCCC(C)CCCC(C)CCc1ccc(S(=O)(=O)[O-])cc1.[Na+].[Na+]. The predicted molar refractivity (Wildman–Crippen MR) is 487 cm³/mol. The van der Waals surface area contributed by atoms with E-state index in [9.17, 15) is 25.9 Å². The summed E-state index contributed by atoms with van der Waals surface area (Å²) in [5.41, 5.74) is 8.97. The first-order valence-electron chi connectivity index (χ1n) is 43.7. The van der Waals surface area contributed by atoms with Crippen LogP contribution < -0.4 is 59.1 Å². The van der Waals surface area contributed by atoms with Crippen molar-refractivity contribution < 1.29 is 95.3 Å². The summed E-state index contributed by atoms with van der Waals surface area (Å²) in [6.07, 6.45) is 64.8. The van der Waals surface area contributed by atoms with Gasteiger partial charge < -0.3 is 19.3 Å². The van der Waals surface area contributed by atoms with Gasteiger partial charge in [-0.2, -0.15) is 0 Å². The number of hydrogen-bond acceptors (Lipinski definition) is 8. The molecule has 8 atom stereocenters. The Balaban J connectivity index is -0.000000304. The summed E-state index contributed by atoms with van der Waals surface area (Å²) in [5, 5.41) is 17.9. The van der Waals surface area contributed by atoms with E-state index in [0.29, 0.717) is 17.8 Å². The first-order valence-corrected chi connectivity index (χ1v) is 46.6. The van der Waals surface area contributed by atoms with Crippen molar-refractivity contribution in [3.05, 3.63) is 179 Å². The topological polar surface area (TPSA) is 155 Å². The van der Waals surface area contributed by atoms with Gasteiger partial charge in [-0.1, -0.05) is 397 Å². The quantitative estimate of drug-likeness (QED) is 0.0218. The van der Waals surface area contributed by atoms with E-state index in [1.165, 1.54) is 206 Å². The third-order valence-corrected chi connectivity index (χ3v) is 21.4. The van der Waals surface area contributed by atoms with E-state index >= 15 is 0 Å². The van der Waals surface area contributed by atoms with Crippen molar-refractivity contribution in [2.75, 3.05) is 6.61 Å². The summed E-state index contributed by atoms with van der Waals surface area (Å²) in [6, 6.07) is 17.0. The van der Waals surface area contributed by atoms with Crippen molar-refractivity contribution in [1.82, 2.24) is 0 Å². The smallest absolute Gasteiger partial charge is 0.744 e. The number of aliphatic hydroxyl groups excluding tert-OH is 2. The molecule has 112 heavy (non-hydrogen) atoms. The Morgan fingerprint density at radius 1 is 0.429 bits per heavy atom. The van der Waals surface area contributed by atoms with Gasteiger partial charge in [0.05, 0.1) is 17.8 Å². The summed E-state index contributed by atoms with van der Waals surface area (Å²) in [5.74, 6) is 8.67. The Hall–Kier alpha value is -2.58. The summed E-state index contributed by atoms with van der Waals surface area (Å²) in [7, 11) is -8.54. The molecule has 2 rings (SSSR count). The van der Waals surface area contributed by atoms with Crippen LogP contribution in [0.2, 0.25) is 0 Å². The minimum Gasteiger partial charge on any atom is -0.744 e. The Labute approximate surface area is 740 Å². The zero-order chi connectivity index (χ0) is 84.1. The molecule has 8 unspecified atom stereocenters. The van der Waals surface area contributed by atoms with Crippen LogP contribution in [0.25, 0.3) is 6.08 Å². The molecule has 2 aromatic rings. The molecular formula is C100H174Na2O8S2. The minimum absolute atomic E-state index is 0. The van der Waals surface area contributed by atoms with E-state index in [-0.39, 0.29) is 76.5 Å². The van der Waals surface area contributed by atoms with Crippen molar-refractivity contribution in [1.29, 1.82) is 0 Å². The van der Waals surface area contributed by atoms with Crippen LogP contribution in [0, 0.1) is 71.0 Å². The van der Waals surface area contributed by atoms with Crippen LogP contribution >= 0.6 is 0 Å². The first kappa shape index (κ1) is 120. The molecule has 0 aliphatic carbocycles. The van der Waals surface area contributed by atoms with Gasteiger partial charge in [0.25, 0.3) is 0 Å². The van der Waals surface area contributed by atoms with Crippen LogP contribution in [-0.2, 0) is 26.7 Å². The van der Waals surface area contributed by atoms with Crippen LogP contribution in [0.4, 0.5) is 0 Å². The molecule has 0 amide bonds. The molecule has 0 bridgehead atoms. The first-order chi connectivity index (χ1) is 51.7.